The fraction of sp³-hybridized carbons (Fsp3) is 0.182. The molecule has 1 saturated carbocycles. The minimum Gasteiger partial charge on any atom is -0.851 e. The molecule has 0 radical (unpaired) electrons. The van der Waals surface area contributed by atoms with Crippen LogP contribution in [0.25, 0.3) is 21.8 Å². The largest absolute Gasteiger partial charge is 0.851 e. The van der Waals surface area contributed by atoms with Gasteiger partial charge in [0.2, 0.25) is 0 Å². The monoisotopic (exact) mass is 340 g/mol. The molecule has 2 aromatic heterocycles. The van der Waals surface area contributed by atoms with Crippen LogP contribution in [0, 0.1) is 0 Å². The van der Waals surface area contributed by atoms with Gasteiger partial charge in [-0.3, -0.25) is 9.97 Å². The molecule has 0 saturated heterocycles. The highest BCUT2D eigenvalue weighted by Gasteiger charge is 2.39. The first kappa shape index (κ1) is 15.4. The van der Waals surface area contributed by atoms with Gasteiger partial charge in [0.25, 0.3) is 0 Å². The van der Waals surface area contributed by atoms with Crippen LogP contribution in [0.2, 0.25) is 0 Å². The van der Waals surface area contributed by atoms with Gasteiger partial charge in [0.1, 0.15) is 0 Å². The number of rotatable bonds is 2. The van der Waals surface area contributed by atoms with Gasteiger partial charge in [-0.15, -0.1) is 12.2 Å². The van der Waals surface area contributed by atoms with Crippen LogP contribution in [0.4, 0.5) is 0 Å². The number of pyridine rings is 2. The summed E-state index contributed by atoms with van der Waals surface area (Å²) in [6.07, 6.45) is -0.299. The normalized spacial score (nSPS) is 25.3. The average Bonchev–Trinajstić information content (AvgIpc) is 2.68. The Morgan fingerprint density at radius 3 is 2.27 bits per heavy atom. The molecule has 0 N–H and O–H groups in total. The van der Waals surface area contributed by atoms with Gasteiger partial charge in [0.05, 0.1) is 11.0 Å². The highest BCUT2D eigenvalue weighted by molar-refractivity contribution is 5.83. The van der Waals surface area contributed by atoms with E-state index in [1.807, 2.05) is 66.7 Å². The third-order valence-corrected chi connectivity index (χ3v) is 5.42. The van der Waals surface area contributed by atoms with E-state index in [4.69, 9.17) is 0 Å². The molecular formula is C22H16N2O2-2. The molecule has 4 nitrogen and oxygen atoms in total. The zero-order valence-electron chi connectivity index (χ0n) is 13.9. The topological polar surface area (TPSA) is 71.9 Å². The lowest BCUT2D eigenvalue weighted by atomic mass is 9.64. The summed E-state index contributed by atoms with van der Waals surface area (Å²) in [6, 6.07) is 21.0. The predicted molar refractivity (Wildman–Crippen MR) is 96.5 cm³/mol. The van der Waals surface area contributed by atoms with Crippen LogP contribution in [0.1, 0.15) is 23.1 Å². The van der Waals surface area contributed by atoms with Crippen molar-refractivity contribution in [1.29, 1.82) is 0 Å². The van der Waals surface area contributed by atoms with Crippen LogP contribution in [-0.4, -0.2) is 22.2 Å². The Labute approximate surface area is 150 Å². The van der Waals surface area contributed by atoms with Crippen molar-refractivity contribution in [3.05, 3.63) is 84.2 Å². The van der Waals surface area contributed by atoms with E-state index < -0.39 is 24.0 Å². The smallest absolute Gasteiger partial charge is 0.0705 e. The second-order valence-electron chi connectivity index (χ2n) is 6.83. The first-order chi connectivity index (χ1) is 12.7. The fourth-order valence-electron chi connectivity index (χ4n) is 4.04. The van der Waals surface area contributed by atoms with E-state index in [1.165, 1.54) is 0 Å². The number of fused-ring (bicyclic) bond motifs is 2. The highest BCUT2D eigenvalue weighted by Crippen LogP contribution is 2.46. The Morgan fingerprint density at radius 1 is 0.692 bits per heavy atom. The number of aromatic nitrogens is 2. The van der Waals surface area contributed by atoms with Crippen molar-refractivity contribution in [3.8, 4) is 0 Å². The van der Waals surface area contributed by atoms with Crippen molar-refractivity contribution in [2.24, 2.45) is 0 Å². The molecule has 1 aliphatic carbocycles. The van der Waals surface area contributed by atoms with Crippen LogP contribution in [0.5, 0.6) is 0 Å². The average molecular weight is 340 g/mol. The van der Waals surface area contributed by atoms with E-state index in [0.29, 0.717) is 5.69 Å². The maximum atomic E-state index is 13.0. The molecule has 0 amide bonds. The summed E-state index contributed by atoms with van der Waals surface area (Å²) >= 11 is 0. The van der Waals surface area contributed by atoms with Gasteiger partial charge in [-0.2, -0.15) is 0 Å². The lowest BCUT2D eigenvalue weighted by Crippen LogP contribution is -2.63. The van der Waals surface area contributed by atoms with E-state index in [-0.39, 0.29) is 0 Å². The molecule has 26 heavy (non-hydrogen) atoms. The molecule has 0 spiro atoms. The Hall–Kier alpha value is -2.82. The zero-order valence-corrected chi connectivity index (χ0v) is 13.9. The predicted octanol–water partition coefficient (Wildman–Crippen LogP) is 2.12. The molecule has 5 rings (SSSR count). The molecule has 2 unspecified atom stereocenters. The van der Waals surface area contributed by atoms with Gasteiger partial charge in [-0.05, 0) is 41.7 Å². The van der Waals surface area contributed by atoms with Crippen LogP contribution >= 0.6 is 0 Å². The molecule has 0 aliphatic heterocycles. The van der Waals surface area contributed by atoms with E-state index in [9.17, 15) is 10.2 Å². The third-order valence-electron chi connectivity index (χ3n) is 5.42. The van der Waals surface area contributed by atoms with E-state index in [1.54, 1.807) is 6.20 Å². The summed E-state index contributed by atoms with van der Waals surface area (Å²) < 4.78 is 0. The van der Waals surface area contributed by atoms with Crippen LogP contribution in [-0.2, 0) is 0 Å². The molecular weight excluding hydrogens is 324 g/mol. The molecule has 2 atom stereocenters. The first-order valence-electron chi connectivity index (χ1n) is 8.75. The summed E-state index contributed by atoms with van der Waals surface area (Å²) in [6.45, 7) is 0. The summed E-state index contributed by atoms with van der Waals surface area (Å²) in [7, 11) is 0. The van der Waals surface area contributed by atoms with Gasteiger partial charge in [-0.1, -0.05) is 42.5 Å². The molecule has 1 aliphatic rings. The first-order valence-corrected chi connectivity index (χ1v) is 8.75. The van der Waals surface area contributed by atoms with Crippen molar-refractivity contribution in [2.45, 2.75) is 24.0 Å². The Morgan fingerprint density at radius 2 is 1.42 bits per heavy atom. The summed E-state index contributed by atoms with van der Waals surface area (Å²) in [4.78, 5) is 8.90. The van der Waals surface area contributed by atoms with Crippen molar-refractivity contribution < 1.29 is 10.2 Å². The van der Waals surface area contributed by atoms with Crippen LogP contribution in [0.3, 0.4) is 0 Å². The molecule has 2 heterocycles. The van der Waals surface area contributed by atoms with Crippen LogP contribution < -0.4 is 10.2 Å². The Bertz CT molecular complexity index is 1100. The minimum atomic E-state index is -0.989. The van der Waals surface area contributed by atoms with Crippen LogP contribution in [0.15, 0.2) is 72.9 Å². The maximum Gasteiger partial charge on any atom is 0.0705 e. The van der Waals surface area contributed by atoms with Crippen molar-refractivity contribution >= 4 is 21.8 Å². The van der Waals surface area contributed by atoms with Gasteiger partial charge < -0.3 is 10.2 Å². The summed E-state index contributed by atoms with van der Waals surface area (Å²) in [5.41, 5.74) is 3.06. The number of para-hydroxylation sites is 2. The standard InChI is InChI=1S/C22H16N2O2/c25-21-19(15-11-12-23-17-8-4-2-6-14(15)17)22(26)20(21)18-10-9-13-5-1-3-7-16(13)24-18/h1-12,19-22H/q-2. The SMILES string of the molecule is [O-]C1C(c2ccc3ccccc3n2)C([O-])C1c1ccnc2ccccc12. The summed E-state index contributed by atoms with van der Waals surface area (Å²) in [5, 5.41) is 27.9. The fourth-order valence-corrected chi connectivity index (χ4v) is 4.04. The van der Waals surface area contributed by atoms with Gasteiger partial charge in [0.15, 0.2) is 0 Å². The Kier molecular flexibility index (Phi) is 3.48. The Balaban J connectivity index is 1.52. The number of benzene rings is 2. The zero-order chi connectivity index (χ0) is 17.7. The molecule has 128 valence electrons. The van der Waals surface area contributed by atoms with Gasteiger partial charge in [-0.25, -0.2) is 0 Å². The lowest BCUT2D eigenvalue weighted by Gasteiger charge is -2.61. The number of hydrogen-bond acceptors (Lipinski definition) is 4. The molecule has 2 aromatic carbocycles. The molecule has 0 bridgehead atoms. The van der Waals surface area contributed by atoms with Gasteiger partial charge >= 0.3 is 0 Å². The highest BCUT2D eigenvalue weighted by atomic mass is 16.3. The molecule has 4 heteroatoms. The number of hydrogen-bond donors (Lipinski definition) is 0. The lowest BCUT2D eigenvalue weighted by molar-refractivity contribution is -0.536. The quantitative estimate of drug-likeness (QED) is 0.560. The maximum absolute atomic E-state index is 13.0. The minimum absolute atomic E-state index is 0.554. The van der Waals surface area contributed by atoms with E-state index in [0.717, 1.165) is 27.4 Å². The second-order valence-corrected chi connectivity index (χ2v) is 6.83. The second kappa shape index (κ2) is 5.87. The summed E-state index contributed by atoms with van der Waals surface area (Å²) in [5.74, 6) is -1.15. The molecule has 4 aromatic rings. The van der Waals surface area contributed by atoms with Gasteiger partial charge in [0, 0.05) is 22.7 Å². The van der Waals surface area contributed by atoms with E-state index >= 15 is 0 Å². The van der Waals surface area contributed by atoms with E-state index in [2.05, 4.69) is 9.97 Å². The van der Waals surface area contributed by atoms with Crippen molar-refractivity contribution in [2.75, 3.05) is 0 Å². The van der Waals surface area contributed by atoms with Crippen molar-refractivity contribution in [3.63, 3.8) is 0 Å². The number of nitrogens with zero attached hydrogens (tertiary/aromatic N) is 2. The molecule has 1 fully saturated rings. The van der Waals surface area contributed by atoms with Crippen molar-refractivity contribution in [1.82, 2.24) is 9.97 Å². The third kappa shape index (κ3) is 2.23.